The molecule has 1 aromatic rings. The first kappa shape index (κ1) is 18.3. The topological polar surface area (TPSA) is 67.9 Å². The van der Waals surface area contributed by atoms with Crippen LogP contribution in [0.3, 0.4) is 0 Å². The summed E-state index contributed by atoms with van der Waals surface area (Å²) in [4.78, 5) is 25.7. The maximum Gasteiger partial charge on any atom is 0.410 e. The fraction of sp³-hybridized carbons (Fsp3) is 0.556. The van der Waals surface area contributed by atoms with Crippen molar-refractivity contribution in [2.24, 2.45) is 0 Å². The van der Waals surface area contributed by atoms with Crippen molar-refractivity contribution in [1.82, 2.24) is 10.2 Å². The largest absolute Gasteiger partial charge is 0.465 e. The van der Waals surface area contributed by atoms with Crippen LogP contribution < -0.4 is 5.32 Å². The SMILES string of the molecule is COC(=O)c1ccc(C2CN(C(=O)OC(C)(C)C)CCN2)cc1C. The van der Waals surface area contributed by atoms with Crippen molar-refractivity contribution in [3.63, 3.8) is 0 Å². The van der Waals surface area contributed by atoms with E-state index in [0.717, 1.165) is 11.1 Å². The number of carbonyl (C=O) groups is 2. The molecule has 1 fully saturated rings. The first-order valence-electron chi connectivity index (χ1n) is 8.11. The first-order chi connectivity index (χ1) is 11.2. The Morgan fingerprint density at radius 1 is 1.29 bits per heavy atom. The van der Waals surface area contributed by atoms with Crippen LogP contribution in [0.1, 0.15) is 48.3 Å². The molecule has 6 heteroatoms. The Morgan fingerprint density at radius 2 is 2.00 bits per heavy atom. The van der Waals surface area contributed by atoms with Crippen molar-refractivity contribution < 1.29 is 19.1 Å². The molecule has 24 heavy (non-hydrogen) atoms. The van der Waals surface area contributed by atoms with Crippen LogP contribution >= 0.6 is 0 Å². The minimum atomic E-state index is -0.504. The highest BCUT2D eigenvalue weighted by atomic mass is 16.6. The number of carbonyl (C=O) groups excluding carboxylic acids is 2. The summed E-state index contributed by atoms with van der Waals surface area (Å²) in [6.07, 6.45) is -0.295. The summed E-state index contributed by atoms with van der Waals surface area (Å²) in [6, 6.07) is 5.64. The Balaban J connectivity index is 2.11. The third-order valence-electron chi connectivity index (χ3n) is 3.89. The molecule has 1 heterocycles. The van der Waals surface area contributed by atoms with Crippen molar-refractivity contribution in [1.29, 1.82) is 0 Å². The summed E-state index contributed by atoms with van der Waals surface area (Å²) < 4.78 is 10.2. The van der Waals surface area contributed by atoms with Crippen LogP contribution in [0, 0.1) is 6.92 Å². The molecule has 0 aromatic heterocycles. The van der Waals surface area contributed by atoms with Crippen molar-refractivity contribution in [2.45, 2.75) is 39.3 Å². The highest BCUT2D eigenvalue weighted by Crippen LogP contribution is 2.22. The zero-order valence-electron chi connectivity index (χ0n) is 15.0. The van der Waals surface area contributed by atoms with Crippen LogP contribution in [0.4, 0.5) is 4.79 Å². The van der Waals surface area contributed by atoms with Gasteiger partial charge in [0.15, 0.2) is 0 Å². The Labute approximate surface area is 143 Å². The van der Waals surface area contributed by atoms with Crippen LogP contribution in [-0.2, 0) is 9.47 Å². The number of esters is 1. The predicted molar refractivity (Wildman–Crippen MR) is 91.1 cm³/mol. The number of ether oxygens (including phenoxy) is 2. The second-order valence-corrected chi connectivity index (χ2v) is 7.00. The average molecular weight is 334 g/mol. The normalized spacial score (nSPS) is 18.2. The number of methoxy groups -OCH3 is 1. The van der Waals surface area contributed by atoms with Gasteiger partial charge < -0.3 is 19.7 Å². The molecular formula is C18H26N2O4. The smallest absolute Gasteiger partial charge is 0.410 e. The molecule has 1 amide bonds. The molecule has 1 aliphatic heterocycles. The monoisotopic (exact) mass is 334 g/mol. The Bertz CT molecular complexity index is 622. The van der Waals surface area contributed by atoms with Gasteiger partial charge >= 0.3 is 12.1 Å². The highest BCUT2D eigenvalue weighted by Gasteiger charge is 2.28. The lowest BCUT2D eigenvalue weighted by Gasteiger charge is -2.35. The van der Waals surface area contributed by atoms with Gasteiger partial charge in [0.05, 0.1) is 18.7 Å². The van der Waals surface area contributed by atoms with E-state index in [1.807, 2.05) is 39.8 Å². The molecular weight excluding hydrogens is 308 g/mol. The van der Waals surface area contributed by atoms with Crippen LogP contribution in [0.5, 0.6) is 0 Å². The van der Waals surface area contributed by atoms with E-state index >= 15 is 0 Å². The van der Waals surface area contributed by atoms with Gasteiger partial charge in [0.1, 0.15) is 5.60 Å². The van der Waals surface area contributed by atoms with Crippen LogP contribution in [0.25, 0.3) is 0 Å². The Morgan fingerprint density at radius 3 is 2.58 bits per heavy atom. The molecule has 1 aromatic carbocycles. The zero-order valence-corrected chi connectivity index (χ0v) is 15.0. The fourth-order valence-electron chi connectivity index (χ4n) is 2.71. The third-order valence-corrected chi connectivity index (χ3v) is 3.89. The van der Waals surface area contributed by atoms with Gasteiger partial charge in [-0.05, 0) is 44.9 Å². The second-order valence-electron chi connectivity index (χ2n) is 7.00. The first-order valence-corrected chi connectivity index (χ1v) is 8.11. The molecule has 1 atom stereocenters. The van der Waals surface area contributed by atoms with E-state index in [4.69, 9.17) is 9.47 Å². The Hall–Kier alpha value is -2.08. The lowest BCUT2D eigenvalue weighted by Crippen LogP contribution is -2.49. The Kier molecular flexibility index (Phi) is 5.49. The number of benzene rings is 1. The summed E-state index contributed by atoms with van der Waals surface area (Å²) >= 11 is 0. The number of nitrogens with zero attached hydrogens (tertiary/aromatic N) is 1. The van der Waals surface area contributed by atoms with E-state index in [1.54, 1.807) is 11.0 Å². The molecule has 1 saturated heterocycles. The van der Waals surface area contributed by atoms with Crippen molar-refractivity contribution in [2.75, 3.05) is 26.7 Å². The number of hydrogen-bond acceptors (Lipinski definition) is 5. The maximum atomic E-state index is 12.3. The van der Waals surface area contributed by atoms with E-state index in [2.05, 4.69) is 5.32 Å². The van der Waals surface area contributed by atoms with E-state index in [1.165, 1.54) is 7.11 Å². The number of rotatable bonds is 2. The van der Waals surface area contributed by atoms with E-state index in [-0.39, 0.29) is 18.1 Å². The summed E-state index contributed by atoms with van der Waals surface area (Å²) in [7, 11) is 1.37. The number of nitrogens with one attached hydrogen (secondary N) is 1. The number of hydrogen-bond donors (Lipinski definition) is 1. The molecule has 0 saturated carbocycles. The number of piperazine rings is 1. The summed E-state index contributed by atoms with van der Waals surface area (Å²) in [5.41, 5.74) is 1.95. The number of aryl methyl sites for hydroxylation is 1. The lowest BCUT2D eigenvalue weighted by atomic mass is 9.99. The lowest BCUT2D eigenvalue weighted by molar-refractivity contribution is 0.0195. The van der Waals surface area contributed by atoms with Gasteiger partial charge in [-0.3, -0.25) is 0 Å². The van der Waals surface area contributed by atoms with Crippen LogP contribution in [-0.4, -0.2) is 49.3 Å². The molecule has 1 unspecified atom stereocenters. The van der Waals surface area contributed by atoms with Gasteiger partial charge in [-0.25, -0.2) is 9.59 Å². The highest BCUT2D eigenvalue weighted by molar-refractivity contribution is 5.91. The van der Waals surface area contributed by atoms with Gasteiger partial charge in [-0.15, -0.1) is 0 Å². The molecule has 0 aliphatic carbocycles. The third kappa shape index (κ3) is 4.47. The molecule has 1 N–H and O–H groups in total. The van der Waals surface area contributed by atoms with E-state index in [0.29, 0.717) is 25.2 Å². The van der Waals surface area contributed by atoms with E-state index < -0.39 is 5.60 Å². The van der Waals surface area contributed by atoms with Crippen LogP contribution in [0.2, 0.25) is 0 Å². The zero-order chi connectivity index (χ0) is 17.9. The second kappa shape index (κ2) is 7.21. The number of amides is 1. The molecule has 132 valence electrons. The molecule has 1 aliphatic rings. The molecule has 0 bridgehead atoms. The molecule has 0 spiro atoms. The average Bonchev–Trinajstić information content (AvgIpc) is 2.52. The fourth-order valence-corrected chi connectivity index (χ4v) is 2.71. The minimum Gasteiger partial charge on any atom is -0.465 e. The molecule has 2 rings (SSSR count). The van der Waals surface area contributed by atoms with Gasteiger partial charge in [0.25, 0.3) is 0 Å². The molecule has 6 nitrogen and oxygen atoms in total. The van der Waals surface area contributed by atoms with Gasteiger partial charge in [-0.1, -0.05) is 12.1 Å². The maximum absolute atomic E-state index is 12.3. The van der Waals surface area contributed by atoms with Gasteiger partial charge in [-0.2, -0.15) is 0 Å². The van der Waals surface area contributed by atoms with E-state index in [9.17, 15) is 9.59 Å². The van der Waals surface area contributed by atoms with Crippen molar-refractivity contribution in [3.05, 3.63) is 34.9 Å². The summed E-state index contributed by atoms with van der Waals surface area (Å²) in [6.45, 7) is 9.31. The standard InChI is InChI=1S/C18H26N2O4/c1-12-10-13(6-7-14(12)16(21)23-5)15-11-20(9-8-19-15)17(22)24-18(2,3)4/h6-7,10,15,19H,8-9,11H2,1-5H3. The molecule has 0 radical (unpaired) electrons. The minimum absolute atomic E-state index is 0.0108. The summed E-state index contributed by atoms with van der Waals surface area (Å²) in [5, 5.41) is 3.41. The summed E-state index contributed by atoms with van der Waals surface area (Å²) in [5.74, 6) is -0.342. The van der Waals surface area contributed by atoms with Crippen molar-refractivity contribution in [3.8, 4) is 0 Å². The van der Waals surface area contributed by atoms with Gasteiger partial charge in [0, 0.05) is 19.6 Å². The van der Waals surface area contributed by atoms with Gasteiger partial charge in [0.2, 0.25) is 0 Å². The van der Waals surface area contributed by atoms with Crippen LogP contribution in [0.15, 0.2) is 18.2 Å². The van der Waals surface area contributed by atoms with Crippen molar-refractivity contribution >= 4 is 12.1 Å². The quantitative estimate of drug-likeness (QED) is 0.842. The predicted octanol–water partition coefficient (Wildman–Crippen LogP) is 2.66.